The van der Waals surface area contributed by atoms with Crippen molar-refractivity contribution in [1.82, 2.24) is 10.2 Å². The Balaban J connectivity index is 2.45. The molecular formula is C17H28N2O2. The number of hydrogen-bond donors (Lipinski definition) is 1. The number of alkyl carbamates (subject to hydrolysis) is 1. The van der Waals surface area contributed by atoms with Crippen LogP contribution >= 0.6 is 0 Å². The van der Waals surface area contributed by atoms with Gasteiger partial charge in [0, 0.05) is 19.1 Å². The number of nitrogens with zero attached hydrogens (tertiary/aromatic N) is 1. The Labute approximate surface area is 128 Å². The lowest BCUT2D eigenvalue weighted by atomic mass is 10.1. The van der Waals surface area contributed by atoms with Crippen LogP contribution in [0.4, 0.5) is 4.79 Å². The van der Waals surface area contributed by atoms with Crippen molar-refractivity contribution in [2.45, 2.75) is 52.3 Å². The molecule has 0 spiro atoms. The van der Waals surface area contributed by atoms with Gasteiger partial charge in [0.1, 0.15) is 5.60 Å². The van der Waals surface area contributed by atoms with Crippen LogP contribution in [0.2, 0.25) is 0 Å². The van der Waals surface area contributed by atoms with E-state index < -0.39 is 5.60 Å². The quantitative estimate of drug-likeness (QED) is 0.873. The summed E-state index contributed by atoms with van der Waals surface area (Å²) in [7, 11) is 2.08. The van der Waals surface area contributed by atoms with Crippen molar-refractivity contribution in [3.63, 3.8) is 0 Å². The van der Waals surface area contributed by atoms with Gasteiger partial charge < -0.3 is 10.1 Å². The molecule has 0 aliphatic carbocycles. The van der Waals surface area contributed by atoms with E-state index in [1.54, 1.807) is 0 Å². The molecule has 1 aromatic rings. The first-order valence-electron chi connectivity index (χ1n) is 7.53. The van der Waals surface area contributed by atoms with Gasteiger partial charge in [0.05, 0.1) is 0 Å². The Morgan fingerprint density at radius 3 is 2.43 bits per heavy atom. The summed E-state index contributed by atoms with van der Waals surface area (Å²) < 4.78 is 5.26. The Morgan fingerprint density at radius 1 is 1.29 bits per heavy atom. The van der Waals surface area contributed by atoms with Crippen LogP contribution in [0.5, 0.6) is 0 Å². The van der Waals surface area contributed by atoms with Crippen molar-refractivity contribution in [2.24, 2.45) is 0 Å². The third-order valence-corrected chi connectivity index (χ3v) is 3.25. The smallest absolute Gasteiger partial charge is 0.407 e. The van der Waals surface area contributed by atoms with E-state index in [-0.39, 0.29) is 12.1 Å². The van der Waals surface area contributed by atoms with E-state index in [0.717, 1.165) is 13.0 Å². The van der Waals surface area contributed by atoms with Gasteiger partial charge in [0.25, 0.3) is 0 Å². The molecule has 1 aromatic carbocycles. The van der Waals surface area contributed by atoms with E-state index in [4.69, 9.17) is 4.74 Å². The molecule has 0 unspecified atom stereocenters. The second kappa shape index (κ2) is 8.03. The molecule has 0 aliphatic rings. The molecule has 1 N–H and O–H groups in total. The van der Waals surface area contributed by atoms with Crippen molar-refractivity contribution >= 4 is 6.09 Å². The van der Waals surface area contributed by atoms with Gasteiger partial charge in [0.15, 0.2) is 0 Å². The van der Waals surface area contributed by atoms with Crippen LogP contribution in [-0.4, -0.2) is 36.2 Å². The summed E-state index contributed by atoms with van der Waals surface area (Å²) >= 11 is 0. The maximum atomic E-state index is 11.7. The summed E-state index contributed by atoms with van der Waals surface area (Å²) in [6.45, 7) is 9.19. The molecular weight excluding hydrogens is 264 g/mol. The minimum Gasteiger partial charge on any atom is -0.444 e. The van der Waals surface area contributed by atoms with Crippen molar-refractivity contribution in [3.8, 4) is 0 Å². The highest BCUT2D eigenvalue weighted by molar-refractivity contribution is 5.67. The molecule has 0 heterocycles. The summed E-state index contributed by atoms with van der Waals surface area (Å²) in [5.41, 5.74) is 0.817. The summed E-state index contributed by atoms with van der Waals surface area (Å²) in [6.07, 6.45) is 0.619. The summed E-state index contributed by atoms with van der Waals surface area (Å²) in [5.74, 6) is 0. The number of amides is 1. The molecule has 1 amide bonds. The standard InChI is InChI=1S/C17H28N2O2/c1-6-15(12-18-16(20)21-17(2,3)4)19(5)13-14-10-8-7-9-11-14/h7-11,15H,6,12-13H2,1-5H3,(H,18,20)/t15-/m0/s1. The molecule has 0 saturated carbocycles. The maximum Gasteiger partial charge on any atom is 0.407 e. The van der Waals surface area contributed by atoms with Crippen LogP contribution in [0.3, 0.4) is 0 Å². The fraction of sp³-hybridized carbons (Fsp3) is 0.588. The average Bonchev–Trinajstić information content (AvgIpc) is 2.38. The number of benzene rings is 1. The predicted molar refractivity (Wildman–Crippen MR) is 86.2 cm³/mol. The number of ether oxygens (including phenoxy) is 1. The first-order valence-corrected chi connectivity index (χ1v) is 7.53. The van der Waals surface area contributed by atoms with Gasteiger partial charge in [-0.05, 0) is 39.8 Å². The van der Waals surface area contributed by atoms with Crippen molar-refractivity contribution in [3.05, 3.63) is 35.9 Å². The van der Waals surface area contributed by atoms with E-state index in [2.05, 4.69) is 36.3 Å². The summed E-state index contributed by atoms with van der Waals surface area (Å²) in [5, 5.41) is 2.85. The van der Waals surface area contributed by atoms with Gasteiger partial charge in [0.2, 0.25) is 0 Å². The highest BCUT2D eigenvalue weighted by Gasteiger charge is 2.18. The minimum atomic E-state index is -0.457. The second-order valence-electron chi connectivity index (χ2n) is 6.35. The zero-order valence-electron chi connectivity index (χ0n) is 13.8. The van der Waals surface area contributed by atoms with Crippen molar-refractivity contribution in [2.75, 3.05) is 13.6 Å². The molecule has 0 radical (unpaired) electrons. The number of nitrogens with one attached hydrogen (secondary N) is 1. The average molecular weight is 292 g/mol. The number of carbonyl (C=O) groups is 1. The number of likely N-dealkylation sites (N-methyl/N-ethyl adjacent to an activating group) is 1. The highest BCUT2D eigenvalue weighted by Crippen LogP contribution is 2.09. The van der Waals surface area contributed by atoms with Crippen LogP contribution in [-0.2, 0) is 11.3 Å². The molecule has 0 aliphatic heterocycles. The monoisotopic (exact) mass is 292 g/mol. The molecule has 118 valence electrons. The van der Waals surface area contributed by atoms with Gasteiger partial charge in [-0.3, -0.25) is 4.90 Å². The van der Waals surface area contributed by atoms with Gasteiger partial charge in [-0.15, -0.1) is 0 Å². The molecule has 4 nitrogen and oxygen atoms in total. The van der Waals surface area contributed by atoms with Crippen LogP contribution in [0.25, 0.3) is 0 Å². The highest BCUT2D eigenvalue weighted by atomic mass is 16.6. The SMILES string of the molecule is CC[C@@H](CNC(=O)OC(C)(C)C)N(C)Cc1ccccc1. The fourth-order valence-corrected chi connectivity index (χ4v) is 2.13. The normalized spacial score (nSPS) is 13.0. The Bertz CT molecular complexity index is 426. The molecule has 21 heavy (non-hydrogen) atoms. The zero-order chi connectivity index (χ0) is 15.9. The summed E-state index contributed by atoms with van der Waals surface area (Å²) in [4.78, 5) is 14.0. The van der Waals surface area contributed by atoms with Crippen LogP contribution in [0, 0.1) is 0 Å². The van der Waals surface area contributed by atoms with E-state index in [0.29, 0.717) is 6.54 Å². The van der Waals surface area contributed by atoms with E-state index >= 15 is 0 Å². The molecule has 4 heteroatoms. The van der Waals surface area contributed by atoms with Crippen molar-refractivity contribution < 1.29 is 9.53 Å². The lowest BCUT2D eigenvalue weighted by Gasteiger charge is -2.28. The Hall–Kier alpha value is -1.55. The van der Waals surface area contributed by atoms with Crippen molar-refractivity contribution in [1.29, 1.82) is 0 Å². The molecule has 0 bridgehead atoms. The lowest BCUT2D eigenvalue weighted by Crippen LogP contribution is -2.43. The predicted octanol–water partition coefficient (Wildman–Crippen LogP) is 3.42. The van der Waals surface area contributed by atoms with E-state index in [1.807, 2.05) is 39.0 Å². The Morgan fingerprint density at radius 2 is 1.90 bits per heavy atom. The van der Waals surface area contributed by atoms with Gasteiger partial charge >= 0.3 is 6.09 Å². The largest absolute Gasteiger partial charge is 0.444 e. The fourth-order valence-electron chi connectivity index (χ4n) is 2.13. The van der Waals surface area contributed by atoms with E-state index in [9.17, 15) is 4.79 Å². The molecule has 1 rings (SSSR count). The van der Waals surface area contributed by atoms with E-state index in [1.165, 1.54) is 5.56 Å². The third kappa shape index (κ3) is 7.14. The maximum absolute atomic E-state index is 11.7. The minimum absolute atomic E-state index is 0.290. The molecule has 1 atom stereocenters. The van der Waals surface area contributed by atoms with Gasteiger partial charge in [-0.2, -0.15) is 0 Å². The number of carbonyl (C=O) groups excluding carboxylic acids is 1. The molecule has 0 saturated heterocycles. The topological polar surface area (TPSA) is 41.6 Å². The van der Waals surface area contributed by atoms with Gasteiger partial charge in [-0.25, -0.2) is 4.79 Å². The second-order valence-corrected chi connectivity index (χ2v) is 6.35. The summed E-state index contributed by atoms with van der Waals surface area (Å²) in [6, 6.07) is 10.6. The zero-order valence-corrected chi connectivity index (χ0v) is 13.8. The molecule has 0 fully saturated rings. The van der Waals surface area contributed by atoms with Crippen LogP contribution < -0.4 is 5.32 Å². The first-order chi connectivity index (χ1) is 9.81. The number of hydrogen-bond acceptors (Lipinski definition) is 3. The third-order valence-electron chi connectivity index (χ3n) is 3.25. The Kier molecular flexibility index (Phi) is 6.69. The van der Waals surface area contributed by atoms with Crippen LogP contribution in [0.15, 0.2) is 30.3 Å². The number of rotatable bonds is 6. The van der Waals surface area contributed by atoms with Gasteiger partial charge in [-0.1, -0.05) is 37.3 Å². The first kappa shape index (κ1) is 17.5. The lowest BCUT2D eigenvalue weighted by molar-refractivity contribution is 0.0509. The molecule has 0 aromatic heterocycles. The van der Waals surface area contributed by atoms with Crippen LogP contribution in [0.1, 0.15) is 39.7 Å².